The summed E-state index contributed by atoms with van der Waals surface area (Å²) in [5, 5.41) is 6.36. The van der Waals surface area contributed by atoms with Gasteiger partial charge in [-0.1, -0.05) is 6.42 Å². The van der Waals surface area contributed by atoms with Crippen molar-refractivity contribution >= 4 is 12.1 Å². The molecule has 134 valence electrons. The van der Waals surface area contributed by atoms with E-state index >= 15 is 0 Å². The molecule has 6 heteroatoms. The molecule has 1 saturated carbocycles. The first kappa shape index (κ1) is 19.7. The highest BCUT2D eigenvalue weighted by molar-refractivity contribution is 5.69. The maximum atomic E-state index is 11.7. The van der Waals surface area contributed by atoms with Crippen LogP contribution in [0.2, 0.25) is 0 Å². The van der Waals surface area contributed by atoms with Gasteiger partial charge in [-0.05, 0) is 59.4 Å². The summed E-state index contributed by atoms with van der Waals surface area (Å²) in [6.07, 6.45) is 4.25. The van der Waals surface area contributed by atoms with Crippen LogP contribution in [0.25, 0.3) is 0 Å². The lowest BCUT2D eigenvalue weighted by Crippen LogP contribution is -2.41. The first-order valence-electron chi connectivity index (χ1n) is 8.67. The van der Waals surface area contributed by atoms with Gasteiger partial charge in [-0.25, -0.2) is 4.79 Å². The van der Waals surface area contributed by atoms with Gasteiger partial charge in [0.05, 0.1) is 6.61 Å². The van der Waals surface area contributed by atoms with Crippen molar-refractivity contribution in [1.82, 2.24) is 10.6 Å². The molecule has 0 saturated heterocycles. The van der Waals surface area contributed by atoms with Gasteiger partial charge in [0, 0.05) is 19.0 Å². The van der Waals surface area contributed by atoms with Gasteiger partial charge in [0.25, 0.3) is 0 Å². The molecule has 1 aliphatic rings. The summed E-state index contributed by atoms with van der Waals surface area (Å²) >= 11 is 0. The molecule has 23 heavy (non-hydrogen) atoms. The molecule has 1 rings (SSSR count). The van der Waals surface area contributed by atoms with Crippen LogP contribution in [0.15, 0.2) is 0 Å². The van der Waals surface area contributed by atoms with E-state index in [4.69, 9.17) is 9.47 Å². The number of hydrogen-bond donors (Lipinski definition) is 2. The molecule has 1 amide bonds. The number of rotatable bonds is 8. The van der Waals surface area contributed by atoms with E-state index < -0.39 is 5.60 Å². The van der Waals surface area contributed by atoms with Gasteiger partial charge in [0.15, 0.2) is 0 Å². The highest BCUT2D eigenvalue weighted by Gasteiger charge is 2.27. The second-order valence-electron chi connectivity index (χ2n) is 7.04. The Morgan fingerprint density at radius 3 is 2.61 bits per heavy atom. The SMILES string of the molecule is CCOC(=O)CCCNC1CCCC1CNC(=O)OC(C)(C)C. The molecule has 0 aromatic carbocycles. The second-order valence-corrected chi connectivity index (χ2v) is 7.04. The minimum Gasteiger partial charge on any atom is -0.466 e. The van der Waals surface area contributed by atoms with Crippen LogP contribution in [0.3, 0.4) is 0 Å². The summed E-state index contributed by atoms with van der Waals surface area (Å²) in [4.78, 5) is 23.0. The van der Waals surface area contributed by atoms with Crippen molar-refractivity contribution in [1.29, 1.82) is 0 Å². The smallest absolute Gasteiger partial charge is 0.407 e. The predicted molar refractivity (Wildman–Crippen MR) is 89.2 cm³/mol. The molecule has 2 N–H and O–H groups in total. The van der Waals surface area contributed by atoms with Crippen LogP contribution in [0.1, 0.15) is 59.8 Å². The fraction of sp³-hybridized carbons (Fsp3) is 0.882. The van der Waals surface area contributed by atoms with Gasteiger partial charge in [-0.3, -0.25) is 4.79 Å². The van der Waals surface area contributed by atoms with Crippen molar-refractivity contribution in [3.05, 3.63) is 0 Å². The number of nitrogens with one attached hydrogen (secondary N) is 2. The molecule has 0 spiro atoms. The summed E-state index contributed by atoms with van der Waals surface area (Å²) in [6.45, 7) is 9.25. The topological polar surface area (TPSA) is 76.7 Å². The van der Waals surface area contributed by atoms with Crippen molar-refractivity contribution in [2.24, 2.45) is 5.92 Å². The minimum absolute atomic E-state index is 0.135. The number of alkyl carbamates (subject to hydrolysis) is 1. The summed E-state index contributed by atoms with van der Waals surface area (Å²) in [6, 6.07) is 0.395. The molecule has 1 aliphatic carbocycles. The van der Waals surface area contributed by atoms with E-state index in [1.165, 1.54) is 0 Å². The number of amides is 1. The standard InChI is InChI=1S/C17H32N2O4/c1-5-22-15(20)10-7-11-18-14-9-6-8-13(14)12-19-16(21)23-17(2,3)4/h13-14,18H,5-12H2,1-4H3,(H,19,21). The molecular formula is C17H32N2O4. The van der Waals surface area contributed by atoms with E-state index in [0.29, 0.717) is 31.5 Å². The number of esters is 1. The van der Waals surface area contributed by atoms with Crippen LogP contribution < -0.4 is 10.6 Å². The average molecular weight is 328 g/mol. The molecule has 0 bridgehead atoms. The molecule has 1 fully saturated rings. The molecule has 2 atom stereocenters. The van der Waals surface area contributed by atoms with E-state index in [2.05, 4.69) is 10.6 Å². The number of carbonyl (C=O) groups excluding carboxylic acids is 2. The Hall–Kier alpha value is -1.30. The Kier molecular flexibility index (Phi) is 8.37. The monoisotopic (exact) mass is 328 g/mol. The van der Waals surface area contributed by atoms with Gasteiger partial charge in [0.2, 0.25) is 0 Å². The Morgan fingerprint density at radius 1 is 1.22 bits per heavy atom. The molecular weight excluding hydrogens is 296 g/mol. The highest BCUT2D eigenvalue weighted by atomic mass is 16.6. The summed E-state index contributed by atoms with van der Waals surface area (Å²) in [5.74, 6) is 0.286. The lowest BCUT2D eigenvalue weighted by molar-refractivity contribution is -0.143. The van der Waals surface area contributed by atoms with Gasteiger partial charge in [-0.2, -0.15) is 0 Å². The zero-order valence-corrected chi connectivity index (χ0v) is 14.9. The molecule has 0 aliphatic heterocycles. The van der Waals surface area contributed by atoms with Crippen LogP contribution in [0.4, 0.5) is 4.79 Å². The molecule has 2 unspecified atom stereocenters. The van der Waals surface area contributed by atoms with Gasteiger partial charge >= 0.3 is 12.1 Å². The normalized spacial score (nSPS) is 21.0. The minimum atomic E-state index is -0.468. The zero-order chi connectivity index (χ0) is 17.3. The van der Waals surface area contributed by atoms with Crippen molar-refractivity contribution in [3.63, 3.8) is 0 Å². The molecule has 0 radical (unpaired) electrons. The third-order valence-corrected chi connectivity index (χ3v) is 3.84. The van der Waals surface area contributed by atoms with Crippen LogP contribution in [-0.4, -0.2) is 43.4 Å². The quantitative estimate of drug-likeness (QED) is 0.529. The van der Waals surface area contributed by atoms with Crippen molar-refractivity contribution in [2.45, 2.75) is 71.4 Å². The fourth-order valence-electron chi connectivity index (χ4n) is 2.83. The largest absolute Gasteiger partial charge is 0.466 e. The molecule has 6 nitrogen and oxygen atoms in total. The third kappa shape index (κ3) is 8.79. The number of carbonyl (C=O) groups is 2. The van der Waals surface area contributed by atoms with Gasteiger partial charge in [-0.15, -0.1) is 0 Å². The van der Waals surface area contributed by atoms with Crippen molar-refractivity contribution < 1.29 is 19.1 Å². The van der Waals surface area contributed by atoms with Crippen LogP contribution in [0, 0.1) is 5.92 Å². The molecule has 0 aromatic rings. The van der Waals surface area contributed by atoms with Crippen LogP contribution in [0.5, 0.6) is 0 Å². The van der Waals surface area contributed by atoms with Crippen molar-refractivity contribution in [3.8, 4) is 0 Å². The maximum Gasteiger partial charge on any atom is 0.407 e. The van der Waals surface area contributed by atoms with E-state index in [9.17, 15) is 9.59 Å². The highest BCUT2D eigenvalue weighted by Crippen LogP contribution is 2.25. The summed E-state index contributed by atoms with van der Waals surface area (Å²) in [5.41, 5.74) is -0.468. The third-order valence-electron chi connectivity index (χ3n) is 3.84. The Balaban J connectivity index is 2.21. The van der Waals surface area contributed by atoms with E-state index in [0.717, 1.165) is 32.2 Å². The predicted octanol–water partition coefficient (Wildman–Crippen LogP) is 2.61. The first-order chi connectivity index (χ1) is 10.8. The molecule has 0 heterocycles. The summed E-state index contributed by atoms with van der Waals surface area (Å²) in [7, 11) is 0. The number of ether oxygens (including phenoxy) is 2. The maximum absolute atomic E-state index is 11.7. The Bertz CT molecular complexity index is 379. The zero-order valence-electron chi connectivity index (χ0n) is 14.9. The second kappa shape index (κ2) is 9.75. The van der Waals surface area contributed by atoms with Crippen molar-refractivity contribution in [2.75, 3.05) is 19.7 Å². The number of hydrogen-bond acceptors (Lipinski definition) is 5. The Labute approximate surface area is 139 Å². The van der Waals surface area contributed by atoms with E-state index in [-0.39, 0.29) is 12.1 Å². The lowest BCUT2D eigenvalue weighted by Gasteiger charge is -2.23. The van der Waals surface area contributed by atoms with E-state index in [1.807, 2.05) is 27.7 Å². The van der Waals surface area contributed by atoms with Crippen LogP contribution >= 0.6 is 0 Å². The Morgan fingerprint density at radius 2 is 1.96 bits per heavy atom. The van der Waals surface area contributed by atoms with Gasteiger partial charge < -0.3 is 20.1 Å². The van der Waals surface area contributed by atoms with Crippen LogP contribution in [-0.2, 0) is 14.3 Å². The lowest BCUT2D eigenvalue weighted by atomic mass is 10.0. The molecule has 0 aromatic heterocycles. The fourth-order valence-corrected chi connectivity index (χ4v) is 2.83. The summed E-state index contributed by atoms with van der Waals surface area (Å²) < 4.78 is 10.2. The van der Waals surface area contributed by atoms with E-state index in [1.54, 1.807) is 0 Å². The average Bonchev–Trinajstić information content (AvgIpc) is 2.87. The van der Waals surface area contributed by atoms with Gasteiger partial charge in [0.1, 0.15) is 5.60 Å². The first-order valence-corrected chi connectivity index (χ1v) is 8.67.